The maximum atomic E-state index is 10.9. The maximum absolute atomic E-state index is 10.9. The summed E-state index contributed by atoms with van der Waals surface area (Å²) in [6.45, 7) is 0. The lowest BCUT2D eigenvalue weighted by atomic mass is 9.78. The number of hydrogen-bond donors (Lipinski definition) is 1. The first-order chi connectivity index (χ1) is 5.79. The van der Waals surface area contributed by atoms with Crippen molar-refractivity contribution in [2.75, 3.05) is 0 Å². The lowest BCUT2D eigenvalue weighted by Gasteiger charge is -2.27. The first kappa shape index (κ1) is 8.09. The molecule has 12 heavy (non-hydrogen) atoms. The molecule has 0 aromatic carbocycles. The average molecular weight is 168 g/mol. The number of aliphatic carboxylic acids is 1. The van der Waals surface area contributed by atoms with E-state index in [1.807, 2.05) is 0 Å². The van der Waals surface area contributed by atoms with Crippen molar-refractivity contribution in [3.8, 4) is 0 Å². The van der Waals surface area contributed by atoms with E-state index in [0.29, 0.717) is 5.92 Å². The number of fused-ring (bicyclic) bond motifs is 1. The molecule has 0 bridgehead atoms. The van der Waals surface area contributed by atoms with Crippen molar-refractivity contribution in [2.24, 2.45) is 17.8 Å². The Hall–Kier alpha value is -0.530. The Morgan fingerprint density at radius 1 is 1.08 bits per heavy atom. The highest BCUT2D eigenvalue weighted by Gasteiger charge is 2.40. The molecule has 0 amide bonds. The molecule has 1 N–H and O–H groups in total. The largest absolute Gasteiger partial charge is 0.481 e. The van der Waals surface area contributed by atoms with Crippen LogP contribution in [0.5, 0.6) is 0 Å². The topological polar surface area (TPSA) is 37.3 Å². The van der Waals surface area contributed by atoms with Crippen LogP contribution in [0.4, 0.5) is 0 Å². The number of carboxylic acids is 1. The summed E-state index contributed by atoms with van der Waals surface area (Å²) < 4.78 is 0. The summed E-state index contributed by atoms with van der Waals surface area (Å²) in [6, 6.07) is 0. The van der Waals surface area contributed by atoms with Crippen molar-refractivity contribution >= 4 is 5.97 Å². The van der Waals surface area contributed by atoms with E-state index in [0.717, 1.165) is 12.3 Å². The van der Waals surface area contributed by atoms with E-state index >= 15 is 0 Å². The highest BCUT2D eigenvalue weighted by Crippen LogP contribution is 2.45. The Balaban J connectivity index is 2.05. The van der Waals surface area contributed by atoms with Crippen LogP contribution in [0, 0.1) is 17.8 Å². The summed E-state index contributed by atoms with van der Waals surface area (Å²) in [5.74, 6) is 0.718. The SMILES string of the molecule is O=C(O)[C@H]1CC[C@@H]2CCCC[C@@H]21. The molecule has 2 rings (SSSR count). The van der Waals surface area contributed by atoms with Gasteiger partial charge >= 0.3 is 5.97 Å². The van der Waals surface area contributed by atoms with E-state index in [9.17, 15) is 4.79 Å². The minimum Gasteiger partial charge on any atom is -0.481 e. The molecule has 2 aliphatic carbocycles. The molecule has 0 saturated heterocycles. The van der Waals surface area contributed by atoms with Crippen LogP contribution in [-0.4, -0.2) is 11.1 Å². The second kappa shape index (κ2) is 3.08. The lowest BCUT2D eigenvalue weighted by molar-refractivity contribution is -0.143. The Kier molecular flexibility index (Phi) is 2.07. The molecule has 0 aliphatic heterocycles. The van der Waals surface area contributed by atoms with Gasteiger partial charge in [0.2, 0.25) is 0 Å². The lowest BCUT2D eigenvalue weighted by Crippen LogP contribution is -2.24. The average Bonchev–Trinajstić information content (AvgIpc) is 2.47. The summed E-state index contributed by atoms with van der Waals surface area (Å²) in [7, 11) is 0. The molecule has 2 heteroatoms. The van der Waals surface area contributed by atoms with Crippen molar-refractivity contribution in [3.63, 3.8) is 0 Å². The van der Waals surface area contributed by atoms with Crippen molar-refractivity contribution in [1.29, 1.82) is 0 Å². The van der Waals surface area contributed by atoms with Gasteiger partial charge in [0, 0.05) is 0 Å². The molecule has 0 radical (unpaired) electrons. The fourth-order valence-corrected chi connectivity index (χ4v) is 3.04. The summed E-state index contributed by atoms with van der Waals surface area (Å²) in [6.07, 6.45) is 7.14. The van der Waals surface area contributed by atoms with Crippen LogP contribution in [0.3, 0.4) is 0 Å². The van der Waals surface area contributed by atoms with Gasteiger partial charge in [0.15, 0.2) is 0 Å². The van der Waals surface area contributed by atoms with Crippen molar-refractivity contribution in [2.45, 2.75) is 38.5 Å². The molecule has 3 atom stereocenters. The van der Waals surface area contributed by atoms with Crippen molar-refractivity contribution in [3.05, 3.63) is 0 Å². The minimum atomic E-state index is -0.551. The molecule has 68 valence electrons. The summed E-state index contributed by atoms with van der Waals surface area (Å²) in [4.78, 5) is 10.9. The highest BCUT2D eigenvalue weighted by molar-refractivity contribution is 5.70. The maximum Gasteiger partial charge on any atom is 0.306 e. The van der Waals surface area contributed by atoms with Crippen LogP contribution in [0.25, 0.3) is 0 Å². The van der Waals surface area contributed by atoms with Gasteiger partial charge in [-0.2, -0.15) is 0 Å². The first-order valence-electron chi connectivity index (χ1n) is 5.02. The van der Waals surface area contributed by atoms with E-state index in [4.69, 9.17) is 5.11 Å². The third-order valence-corrected chi connectivity index (χ3v) is 3.65. The van der Waals surface area contributed by atoms with Gasteiger partial charge in [-0.1, -0.05) is 19.3 Å². The Morgan fingerprint density at radius 3 is 2.58 bits per heavy atom. The van der Waals surface area contributed by atoms with Crippen LogP contribution < -0.4 is 0 Å². The Labute approximate surface area is 73.0 Å². The van der Waals surface area contributed by atoms with E-state index in [-0.39, 0.29) is 5.92 Å². The molecule has 2 aliphatic rings. The van der Waals surface area contributed by atoms with Gasteiger partial charge in [-0.15, -0.1) is 0 Å². The standard InChI is InChI=1S/C10H16O2/c11-10(12)9-6-5-7-3-1-2-4-8(7)9/h7-9H,1-6H2,(H,11,12)/t7-,8-,9-/m0/s1. The Morgan fingerprint density at radius 2 is 1.83 bits per heavy atom. The van der Waals surface area contributed by atoms with E-state index in [2.05, 4.69) is 0 Å². The zero-order valence-electron chi connectivity index (χ0n) is 7.33. The normalized spacial score (nSPS) is 40.8. The van der Waals surface area contributed by atoms with Crippen LogP contribution in [0.2, 0.25) is 0 Å². The molecule has 0 aromatic heterocycles. The fourth-order valence-electron chi connectivity index (χ4n) is 3.04. The second-order valence-corrected chi connectivity index (χ2v) is 4.23. The fraction of sp³-hybridized carbons (Fsp3) is 0.900. The molecule has 0 spiro atoms. The van der Waals surface area contributed by atoms with E-state index < -0.39 is 5.97 Å². The monoisotopic (exact) mass is 168 g/mol. The number of rotatable bonds is 1. The number of hydrogen-bond acceptors (Lipinski definition) is 1. The quantitative estimate of drug-likeness (QED) is 0.652. The summed E-state index contributed by atoms with van der Waals surface area (Å²) in [5.41, 5.74) is 0. The van der Waals surface area contributed by atoms with E-state index in [1.54, 1.807) is 0 Å². The third kappa shape index (κ3) is 1.23. The highest BCUT2D eigenvalue weighted by atomic mass is 16.4. The zero-order chi connectivity index (χ0) is 8.55. The summed E-state index contributed by atoms with van der Waals surface area (Å²) >= 11 is 0. The van der Waals surface area contributed by atoms with Crippen LogP contribution in [0.15, 0.2) is 0 Å². The van der Waals surface area contributed by atoms with Crippen LogP contribution in [0.1, 0.15) is 38.5 Å². The molecular formula is C10H16O2. The number of carboxylic acid groups (broad SMARTS) is 1. The van der Waals surface area contributed by atoms with Crippen molar-refractivity contribution in [1.82, 2.24) is 0 Å². The van der Waals surface area contributed by atoms with E-state index in [1.165, 1.54) is 32.1 Å². The molecule has 2 saturated carbocycles. The van der Waals surface area contributed by atoms with Crippen LogP contribution in [-0.2, 0) is 4.79 Å². The molecule has 2 fully saturated rings. The van der Waals surface area contributed by atoms with Gasteiger partial charge < -0.3 is 5.11 Å². The van der Waals surface area contributed by atoms with Gasteiger partial charge in [0.25, 0.3) is 0 Å². The predicted octanol–water partition coefficient (Wildman–Crippen LogP) is 2.29. The van der Waals surface area contributed by atoms with Gasteiger partial charge in [0.1, 0.15) is 0 Å². The molecule has 0 heterocycles. The van der Waals surface area contributed by atoms with Gasteiger partial charge in [-0.05, 0) is 31.1 Å². The van der Waals surface area contributed by atoms with Gasteiger partial charge in [-0.3, -0.25) is 4.79 Å². The third-order valence-electron chi connectivity index (χ3n) is 3.65. The van der Waals surface area contributed by atoms with Crippen LogP contribution >= 0.6 is 0 Å². The molecule has 0 aromatic rings. The zero-order valence-corrected chi connectivity index (χ0v) is 7.33. The predicted molar refractivity (Wildman–Crippen MR) is 45.8 cm³/mol. The Bertz CT molecular complexity index is 188. The number of carbonyl (C=O) groups is 1. The van der Waals surface area contributed by atoms with Crippen molar-refractivity contribution < 1.29 is 9.90 Å². The van der Waals surface area contributed by atoms with Gasteiger partial charge in [-0.25, -0.2) is 0 Å². The smallest absolute Gasteiger partial charge is 0.306 e. The summed E-state index contributed by atoms with van der Waals surface area (Å²) in [5, 5.41) is 8.95. The first-order valence-corrected chi connectivity index (χ1v) is 5.02. The minimum absolute atomic E-state index is 0.00435. The second-order valence-electron chi connectivity index (χ2n) is 4.23. The molecule has 0 unspecified atom stereocenters. The molecule has 2 nitrogen and oxygen atoms in total. The van der Waals surface area contributed by atoms with Gasteiger partial charge in [0.05, 0.1) is 5.92 Å². The molecular weight excluding hydrogens is 152 g/mol.